The van der Waals surface area contributed by atoms with E-state index >= 15 is 0 Å². The first kappa shape index (κ1) is 22.9. The van der Waals surface area contributed by atoms with Gasteiger partial charge in [0, 0.05) is 26.6 Å². The third kappa shape index (κ3) is 3.89. The highest BCUT2D eigenvalue weighted by Gasteiger charge is 2.17. The molecule has 0 spiro atoms. The van der Waals surface area contributed by atoms with E-state index in [4.69, 9.17) is 14.4 Å². The van der Waals surface area contributed by atoms with E-state index in [1.54, 1.807) is 11.3 Å². The van der Waals surface area contributed by atoms with Crippen LogP contribution in [0.1, 0.15) is 0 Å². The summed E-state index contributed by atoms with van der Waals surface area (Å²) in [5, 5.41) is 3.39. The van der Waals surface area contributed by atoms with Gasteiger partial charge in [-0.2, -0.15) is 0 Å². The second-order valence-electron chi connectivity index (χ2n) is 9.84. The molecule has 40 heavy (non-hydrogen) atoms. The van der Waals surface area contributed by atoms with Gasteiger partial charge >= 0.3 is 0 Å². The van der Waals surface area contributed by atoms with Crippen LogP contribution in [-0.4, -0.2) is 9.97 Å². The predicted molar refractivity (Wildman–Crippen MR) is 166 cm³/mol. The molecule has 0 fully saturated rings. The standard InChI is InChI=1S/C36H22N2OS/c1-2-10-23(11-3-1)24-13-8-14-25(20-24)30-22-31(38-36(37-30)34-21-26-12-4-7-19-33(26)40-34)29-17-9-16-28-27-15-5-6-18-32(27)39-35(28)29/h1-22H. The van der Waals surface area contributed by atoms with Crippen LogP contribution in [-0.2, 0) is 0 Å². The van der Waals surface area contributed by atoms with Crippen molar-refractivity contribution >= 4 is 43.4 Å². The van der Waals surface area contributed by atoms with Gasteiger partial charge in [0.05, 0.1) is 16.3 Å². The number of hydrogen-bond donors (Lipinski definition) is 0. The van der Waals surface area contributed by atoms with E-state index in [2.05, 4.69) is 109 Å². The Labute approximate surface area is 235 Å². The van der Waals surface area contributed by atoms with E-state index in [0.29, 0.717) is 5.82 Å². The summed E-state index contributed by atoms with van der Waals surface area (Å²) >= 11 is 1.72. The molecule has 0 aliphatic heterocycles. The summed E-state index contributed by atoms with van der Waals surface area (Å²) in [6.07, 6.45) is 0. The average molecular weight is 531 g/mol. The van der Waals surface area contributed by atoms with Crippen LogP contribution in [0, 0.1) is 0 Å². The number of thiophene rings is 1. The summed E-state index contributed by atoms with van der Waals surface area (Å²) in [4.78, 5) is 11.3. The molecule has 0 aliphatic rings. The number of fused-ring (bicyclic) bond motifs is 4. The molecule has 8 aromatic rings. The Morgan fingerprint density at radius 1 is 0.525 bits per heavy atom. The van der Waals surface area contributed by atoms with Crippen molar-refractivity contribution in [1.82, 2.24) is 9.97 Å². The van der Waals surface area contributed by atoms with Gasteiger partial charge in [-0.25, -0.2) is 9.97 Å². The Kier molecular flexibility index (Phi) is 5.32. The molecule has 188 valence electrons. The molecule has 0 bridgehead atoms. The maximum atomic E-state index is 6.40. The monoisotopic (exact) mass is 530 g/mol. The van der Waals surface area contributed by atoms with Gasteiger partial charge in [0.25, 0.3) is 0 Å². The first-order valence-electron chi connectivity index (χ1n) is 13.2. The van der Waals surface area contributed by atoms with Crippen molar-refractivity contribution in [3.8, 4) is 44.3 Å². The third-order valence-electron chi connectivity index (χ3n) is 7.32. The number of nitrogens with zero attached hydrogens (tertiary/aromatic N) is 2. The molecule has 3 heterocycles. The summed E-state index contributed by atoms with van der Waals surface area (Å²) in [6.45, 7) is 0. The van der Waals surface area contributed by atoms with Gasteiger partial charge in [0.1, 0.15) is 11.2 Å². The lowest BCUT2D eigenvalue weighted by Gasteiger charge is -2.10. The van der Waals surface area contributed by atoms with E-state index in [1.807, 2.05) is 24.3 Å². The number of para-hydroxylation sites is 2. The van der Waals surface area contributed by atoms with Gasteiger partial charge in [-0.05, 0) is 52.9 Å². The zero-order valence-corrected chi connectivity index (χ0v) is 22.2. The minimum absolute atomic E-state index is 0.715. The van der Waals surface area contributed by atoms with Crippen LogP contribution in [0.3, 0.4) is 0 Å². The fourth-order valence-electron chi connectivity index (χ4n) is 5.37. The second kappa shape index (κ2) is 9.30. The van der Waals surface area contributed by atoms with E-state index in [9.17, 15) is 0 Å². The Morgan fingerprint density at radius 3 is 2.17 bits per heavy atom. The molecule has 5 aromatic carbocycles. The molecule has 8 rings (SSSR count). The van der Waals surface area contributed by atoms with Crippen molar-refractivity contribution in [3.63, 3.8) is 0 Å². The molecule has 3 nitrogen and oxygen atoms in total. The zero-order valence-electron chi connectivity index (χ0n) is 21.4. The van der Waals surface area contributed by atoms with Crippen LogP contribution in [0.15, 0.2) is 138 Å². The van der Waals surface area contributed by atoms with Crippen LogP contribution in [0.25, 0.3) is 76.4 Å². The number of furan rings is 1. The fraction of sp³-hybridized carbons (Fsp3) is 0. The molecule has 4 heteroatoms. The maximum absolute atomic E-state index is 6.40. The van der Waals surface area contributed by atoms with Crippen LogP contribution in [0.2, 0.25) is 0 Å². The molecular formula is C36H22N2OS. The molecule has 0 saturated heterocycles. The number of aromatic nitrogens is 2. The minimum atomic E-state index is 0.715. The zero-order chi connectivity index (χ0) is 26.5. The molecule has 0 unspecified atom stereocenters. The maximum Gasteiger partial charge on any atom is 0.170 e. The first-order chi connectivity index (χ1) is 19.8. The fourth-order valence-corrected chi connectivity index (χ4v) is 6.37. The molecule has 0 N–H and O–H groups in total. The smallest absolute Gasteiger partial charge is 0.170 e. The van der Waals surface area contributed by atoms with Gasteiger partial charge in [-0.1, -0.05) is 97.1 Å². The van der Waals surface area contributed by atoms with Gasteiger partial charge in [0.15, 0.2) is 5.82 Å². The second-order valence-corrected chi connectivity index (χ2v) is 10.9. The largest absolute Gasteiger partial charge is 0.455 e. The van der Waals surface area contributed by atoms with E-state index in [1.165, 1.54) is 15.6 Å². The SMILES string of the molecule is c1ccc(-c2cccc(-c3cc(-c4cccc5c4oc4ccccc45)nc(-c4cc5ccccc5s4)n3)c2)cc1. The quantitative estimate of drug-likeness (QED) is 0.227. The third-order valence-corrected chi connectivity index (χ3v) is 8.43. The van der Waals surface area contributed by atoms with Gasteiger partial charge in [-0.15, -0.1) is 11.3 Å². The highest BCUT2D eigenvalue weighted by Crippen LogP contribution is 2.38. The number of hydrogen-bond acceptors (Lipinski definition) is 4. The lowest BCUT2D eigenvalue weighted by Crippen LogP contribution is -1.95. The van der Waals surface area contributed by atoms with E-state index in [-0.39, 0.29) is 0 Å². The lowest BCUT2D eigenvalue weighted by atomic mass is 10.0. The molecule has 0 amide bonds. The topological polar surface area (TPSA) is 38.9 Å². The molecule has 0 saturated carbocycles. The highest BCUT2D eigenvalue weighted by molar-refractivity contribution is 7.22. The van der Waals surface area contributed by atoms with Gasteiger partial charge < -0.3 is 4.42 Å². The molecular weight excluding hydrogens is 508 g/mol. The van der Waals surface area contributed by atoms with Crippen LogP contribution in [0.5, 0.6) is 0 Å². The van der Waals surface area contributed by atoms with E-state index in [0.717, 1.165) is 54.9 Å². The van der Waals surface area contributed by atoms with Crippen molar-refractivity contribution < 1.29 is 4.42 Å². The predicted octanol–water partition coefficient (Wildman–Crippen LogP) is 10.3. The first-order valence-corrected chi connectivity index (χ1v) is 14.1. The molecule has 0 atom stereocenters. The van der Waals surface area contributed by atoms with Crippen LogP contribution >= 0.6 is 11.3 Å². The summed E-state index contributed by atoms with van der Waals surface area (Å²) in [7, 11) is 0. The summed E-state index contributed by atoms with van der Waals surface area (Å²) in [5.41, 5.74) is 7.77. The lowest BCUT2D eigenvalue weighted by molar-refractivity contribution is 0.670. The van der Waals surface area contributed by atoms with Gasteiger partial charge in [0.2, 0.25) is 0 Å². The molecule has 0 aliphatic carbocycles. The summed E-state index contributed by atoms with van der Waals surface area (Å²) < 4.78 is 7.62. The normalized spacial score (nSPS) is 11.5. The van der Waals surface area contributed by atoms with Crippen molar-refractivity contribution in [2.75, 3.05) is 0 Å². The summed E-state index contributed by atoms with van der Waals surface area (Å²) in [5.74, 6) is 0.715. The molecule has 0 radical (unpaired) electrons. The Bertz CT molecular complexity index is 2140. The Balaban J connectivity index is 1.36. The van der Waals surface area contributed by atoms with E-state index < -0.39 is 0 Å². The van der Waals surface area contributed by atoms with Crippen molar-refractivity contribution in [3.05, 3.63) is 133 Å². The minimum Gasteiger partial charge on any atom is -0.455 e. The average Bonchev–Trinajstić information content (AvgIpc) is 3.63. The Morgan fingerprint density at radius 2 is 1.25 bits per heavy atom. The van der Waals surface area contributed by atoms with Crippen LogP contribution in [0.4, 0.5) is 0 Å². The van der Waals surface area contributed by atoms with Crippen molar-refractivity contribution in [2.45, 2.75) is 0 Å². The van der Waals surface area contributed by atoms with Crippen molar-refractivity contribution in [2.24, 2.45) is 0 Å². The summed E-state index contributed by atoms with van der Waals surface area (Å²) in [6, 6.07) is 46.2. The van der Waals surface area contributed by atoms with Crippen LogP contribution < -0.4 is 0 Å². The van der Waals surface area contributed by atoms with Gasteiger partial charge in [-0.3, -0.25) is 0 Å². The molecule has 3 aromatic heterocycles. The number of benzene rings is 5. The number of rotatable bonds is 4. The highest BCUT2D eigenvalue weighted by atomic mass is 32.1. The Hall–Kier alpha value is -5.06. The van der Waals surface area contributed by atoms with Crippen molar-refractivity contribution in [1.29, 1.82) is 0 Å².